The number of nitrogens with two attached hydrogens (primary N) is 1. The fourth-order valence-corrected chi connectivity index (χ4v) is 5.90. The highest BCUT2D eigenvalue weighted by Crippen LogP contribution is 2.59. The van der Waals surface area contributed by atoms with Gasteiger partial charge < -0.3 is 16.0 Å². The molecule has 5 heteroatoms. The number of anilines is 1. The average molecular weight is 441 g/mol. The predicted octanol–water partition coefficient (Wildman–Crippen LogP) is 4.85. The molecule has 0 unspecified atom stereocenters. The number of fused-ring (bicyclic) bond motifs is 2. The fourth-order valence-electron chi connectivity index (χ4n) is 5.90. The van der Waals surface area contributed by atoms with E-state index in [1.54, 1.807) is 0 Å². The van der Waals surface area contributed by atoms with Crippen LogP contribution in [-0.4, -0.2) is 36.1 Å². The van der Waals surface area contributed by atoms with Crippen LogP contribution >= 0.6 is 0 Å². The topological polar surface area (TPSA) is 54.2 Å². The lowest BCUT2D eigenvalue weighted by molar-refractivity contribution is 0.314. The Labute approximate surface area is 194 Å². The van der Waals surface area contributed by atoms with Crippen molar-refractivity contribution in [2.45, 2.75) is 25.2 Å². The van der Waals surface area contributed by atoms with Gasteiger partial charge in [-0.05, 0) is 53.6 Å². The van der Waals surface area contributed by atoms with Gasteiger partial charge in [0.15, 0.2) is 0 Å². The van der Waals surface area contributed by atoms with Crippen LogP contribution in [0.5, 0.6) is 0 Å². The number of likely N-dealkylation sites (tertiary alicyclic amines) is 1. The predicted molar refractivity (Wildman–Crippen MR) is 132 cm³/mol. The molecular weight excluding hydrogens is 411 g/mol. The molecule has 1 aromatic heterocycles. The van der Waals surface area contributed by atoms with E-state index in [9.17, 15) is 4.39 Å². The van der Waals surface area contributed by atoms with E-state index in [0.717, 1.165) is 59.9 Å². The van der Waals surface area contributed by atoms with Gasteiger partial charge in [0.25, 0.3) is 0 Å². The number of nitrogens with one attached hydrogen (secondary N) is 1. The van der Waals surface area contributed by atoms with E-state index in [-0.39, 0.29) is 5.82 Å². The quantitative estimate of drug-likeness (QED) is 0.570. The molecule has 1 aliphatic carbocycles. The Morgan fingerprint density at radius 3 is 2.67 bits per heavy atom. The molecule has 3 N–H and O–H groups in total. The maximum Gasteiger partial charge on any atom is 0.222 e. The zero-order chi connectivity index (χ0) is 22.7. The van der Waals surface area contributed by atoms with Gasteiger partial charge in [-0.15, -0.1) is 0 Å². The second kappa shape index (κ2) is 7.42. The molecule has 0 bridgehead atoms. The van der Waals surface area contributed by atoms with Gasteiger partial charge >= 0.3 is 0 Å². The van der Waals surface area contributed by atoms with Crippen molar-refractivity contribution in [3.8, 4) is 22.3 Å². The Bertz CT molecular complexity index is 1270. The third-order valence-corrected chi connectivity index (χ3v) is 7.91. The first-order chi connectivity index (χ1) is 16.0. The zero-order valence-corrected chi connectivity index (χ0v) is 19.0. The summed E-state index contributed by atoms with van der Waals surface area (Å²) in [6, 6.07) is 16.5. The first kappa shape index (κ1) is 20.4. The summed E-state index contributed by atoms with van der Waals surface area (Å²) in [5.74, 6) is 0.450. The minimum absolute atomic E-state index is 0.214. The Morgan fingerprint density at radius 1 is 1.12 bits per heavy atom. The van der Waals surface area contributed by atoms with E-state index >= 15 is 0 Å². The fraction of sp³-hybridized carbons (Fsp3) is 0.321. The Balaban J connectivity index is 1.34. The number of piperidine rings is 1. The second-order valence-electron chi connectivity index (χ2n) is 9.75. The summed E-state index contributed by atoms with van der Waals surface area (Å²) in [5.41, 5.74) is 14.2. The molecule has 0 amide bonds. The highest BCUT2D eigenvalue weighted by atomic mass is 19.1. The first-order valence-electron chi connectivity index (χ1n) is 11.8. The molecule has 1 saturated carbocycles. The number of benzene rings is 2. The standard InChI is InChI=1S/C28H29FN4/c1-3-33-15-22-14-28(22,16-33)21-7-4-18(5-8-21)24-13-25(27(30)32-26(24)29)19-6-9-23-17(2)31-11-10-20(23)12-19/h4-9,12-13,22,31H,2-3,10-11,14-16H2,1H3,(H2,30,32)/t22-,28+/m1/s1. The molecule has 3 aromatic rings. The number of likely N-dealkylation sites (N-methyl/N-ethyl adjacent to an activating group) is 1. The van der Waals surface area contributed by atoms with Gasteiger partial charge in [-0.2, -0.15) is 4.39 Å². The molecule has 1 saturated heterocycles. The lowest BCUT2D eigenvalue weighted by atomic mass is 9.91. The highest BCUT2D eigenvalue weighted by molar-refractivity contribution is 5.81. The van der Waals surface area contributed by atoms with E-state index in [0.29, 0.717) is 11.0 Å². The summed E-state index contributed by atoms with van der Waals surface area (Å²) in [5, 5.41) is 3.30. The molecule has 2 fully saturated rings. The molecule has 2 aliphatic heterocycles. The van der Waals surface area contributed by atoms with Crippen LogP contribution in [0.2, 0.25) is 0 Å². The van der Waals surface area contributed by atoms with Crippen molar-refractivity contribution in [2.75, 3.05) is 31.9 Å². The van der Waals surface area contributed by atoms with Crippen LogP contribution < -0.4 is 11.1 Å². The monoisotopic (exact) mass is 440 g/mol. The Hall–Kier alpha value is -3.18. The number of pyridine rings is 1. The molecule has 0 spiro atoms. The molecule has 4 nitrogen and oxygen atoms in total. The third-order valence-electron chi connectivity index (χ3n) is 7.91. The highest BCUT2D eigenvalue weighted by Gasteiger charge is 2.60. The van der Waals surface area contributed by atoms with Crippen LogP contribution in [0.1, 0.15) is 30.0 Å². The number of hydrogen-bond donors (Lipinski definition) is 2. The average Bonchev–Trinajstić information content (AvgIpc) is 3.40. The largest absolute Gasteiger partial charge is 0.385 e. The first-order valence-corrected chi connectivity index (χ1v) is 11.8. The molecule has 3 heterocycles. The number of nitrogens with zero attached hydrogens (tertiary/aromatic N) is 2. The van der Waals surface area contributed by atoms with Crippen LogP contribution in [0.25, 0.3) is 28.0 Å². The molecule has 2 aromatic carbocycles. The Morgan fingerprint density at radius 2 is 1.91 bits per heavy atom. The van der Waals surface area contributed by atoms with Crippen molar-refractivity contribution < 1.29 is 4.39 Å². The van der Waals surface area contributed by atoms with Crippen LogP contribution in [0.15, 0.2) is 55.1 Å². The summed E-state index contributed by atoms with van der Waals surface area (Å²) in [6.45, 7) is 10.6. The van der Waals surface area contributed by atoms with Crippen LogP contribution in [0.3, 0.4) is 0 Å². The maximum atomic E-state index is 14.9. The normalized spacial score (nSPS) is 23.7. The number of halogens is 1. The van der Waals surface area contributed by atoms with E-state index < -0.39 is 5.95 Å². The van der Waals surface area contributed by atoms with E-state index in [1.165, 1.54) is 24.1 Å². The maximum absolute atomic E-state index is 14.9. The molecule has 33 heavy (non-hydrogen) atoms. The van der Waals surface area contributed by atoms with Crippen molar-refractivity contribution in [1.29, 1.82) is 0 Å². The van der Waals surface area contributed by atoms with Crippen LogP contribution in [-0.2, 0) is 11.8 Å². The van der Waals surface area contributed by atoms with Crippen molar-refractivity contribution in [3.63, 3.8) is 0 Å². The number of hydrogen-bond acceptors (Lipinski definition) is 4. The third kappa shape index (κ3) is 3.25. The molecule has 3 aliphatic rings. The van der Waals surface area contributed by atoms with Crippen molar-refractivity contribution in [3.05, 3.63) is 77.7 Å². The summed E-state index contributed by atoms with van der Waals surface area (Å²) < 4.78 is 14.9. The van der Waals surface area contributed by atoms with Crippen molar-refractivity contribution in [2.24, 2.45) is 5.92 Å². The van der Waals surface area contributed by atoms with Crippen LogP contribution in [0.4, 0.5) is 10.2 Å². The summed E-state index contributed by atoms with van der Waals surface area (Å²) in [4.78, 5) is 6.60. The smallest absolute Gasteiger partial charge is 0.222 e. The van der Waals surface area contributed by atoms with Gasteiger partial charge in [-0.3, -0.25) is 0 Å². The van der Waals surface area contributed by atoms with E-state index in [4.69, 9.17) is 5.73 Å². The van der Waals surface area contributed by atoms with Gasteiger partial charge in [0.05, 0.1) is 0 Å². The summed E-state index contributed by atoms with van der Waals surface area (Å²) in [6.07, 6.45) is 2.19. The van der Waals surface area contributed by atoms with Gasteiger partial charge in [-0.1, -0.05) is 56.0 Å². The minimum atomic E-state index is -0.528. The van der Waals surface area contributed by atoms with Gasteiger partial charge in [-0.25, -0.2) is 4.98 Å². The van der Waals surface area contributed by atoms with Crippen molar-refractivity contribution in [1.82, 2.24) is 15.2 Å². The number of rotatable bonds is 4. The zero-order valence-electron chi connectivity index (χ0n) is 19.0. The van der Waals surface area contributed by atoms with E-state index in [2.05, 4.69) is 53.0 Å². The minimum Gasteiger partial charge on any atom is -0.385 e. The molecule has 2 atom stereocenters. The molecule has 0 radical (unpaired) electrons. The molecule has 168 valence electrons. The molecular formula is C28H29FN4. The number of aromatic nitrogens is 1. The summed E-state index contributed by atoms with van der Waals surface area (Å²) >= 11 is 0. The van der Waals surface area contributed by atoms with E-state index in [1.807, 2.05) is 24.3 Å². The molecule has 6 rings (SSSR count). The lowest BCUT2D eigenvalue weighted by Gasteiger charge is -2.21. The van der Waals surface area contributed by atoms with Gasteiger partial charge in [0.1, 0.15) is 5.82 Å². The summed E-state index contributed by atoms with van der Waals surface area (Å²) in [7, 11) is 0. The van der Waals surface area contributed by atoms with Gasteiger partial charge in [0, 0.05) is 47.4 Å². The van der Waals surface area contributed by atoms with Gasteiger partial charge in [0.2, 0.25) is 5.95 Å². The Kier molecular flexibility index (Phi) is 4.59. The SMILES string of the molecule is C=C1NCCc2cc(-c3cc(-c4ccc([C@@]56C[C@@H]5CN(CC)C6)cc4)c(F)nc3N)ccc21. The van der Waals surface area contributed by atoms with Crippen LogP contribution in [0, 0.1) is 11.9 Å². The lowest BCUT2D eigenvalue weighted by Crippen LogP contribution is -2.26. The number of nitrogen functional groups attached to an aromatic ring is 1. The van der Waals surface area contributed by atoms with Crippen molar-refractivity contribution >= 4 is 11.5 Å². The second-order valence-corrected chi connectivity index (χ2v) is 9.75.